The topological polar surface area (TPSA) is 55.4 Å². The number of methoxy groups -OCH3 is 1. The largest absolute Gasteiger partial charge is 0.496 e. The van der Waals surface area contributed by atoms with Gasteiger partial charge in [-0.25, -0.2) is 17.5 Å². The van der Waals surface area contributed by atoms with Crippen molar-refractivity contribution in [3.05, 3.63) is 58.9 Å². The number of hydrogen-bond acceptors (Lipinski definition) is 3. The van der Waals surface area contributed by atoms with Crippen molar-refractivity contribution < 1.29 is 17.5 Å². The van der Waals surface area contributed by atoms with Gasteiger partial charge in [0.1, 0.15) is 11.6 Å². The van der Waals surface area contributed by atoms with Crippen LogP contribution < -0.4 is 9.46 Å². The van der Waals surface area contributed by atoms with Gasteiger partial charge in [0.15, 0.2) is 0 Å². The number of rotatable bonds is 5. The molecule has 0 aliphatic carbocycles. The second kappa shape index (κ2) is 6.43. The molecule has 0 spiro atoms. The highest BCUT2D eigenvalue weighted by Crippen LogP contribution is 2.20. The molecule has 0 fully saturated rings. The van der Waals surface area contributed by atoms with Crippen molar-refractivity contribution in [3.63, 3.8) is 0 Å². The molecule has 0 aromatic heterocycles. The van der Waals surface area contributed by atoms with Gasteiger partial charge >= 0.3 is 0 Å². The van der Waals surface area contributed by atoms with Crippen LogP contribution in [0.4, 0.5) is 4.39 Å². The lowest BCUT2D eigenvalue weighted by molar-refractivity contribution is 0.407. The van der Waals surface area contributed by atoms with Gasteiger partial charge in [-0.05, 0) is 36.4 Å². The van der Waals surface area contributed by atoms with Crippen LogP contribution >= 0.6 is 11.6 Å². The summed E-state index contributed by atoms with van der Waals surface area (Å²) in [5, 5.41) is 0.321. The SMILES string of the molecule is COc1ccc(F)cc1CNS(=O)(=O)c1cccc(Cl)c1. The third-order valence-corrected chi connectivity index (χ3v) is 4.44. The monoisotopic (exact) mass is 329 g/mol. The van der Waals surface area contributed by atoms with E-state index in [0.29, 0.717) is 16.3 Å². The molecule has 2 aromatic rings. The molecule has 0 aliphatic rings. The molecule has 0 saturated heterocycles. The molecule has 21 heavy (non-hydrogen) atoms. The molecular formula is C14H13ClFNO3S. The molecule has 0 atom stereocenters. The maximum atomic E-state index is 13.2. The number of sulfonamides is 1. The highest BCUT2D eigenvalue weighted by atomic mass is 35.5. The van der Waals surface area contributed by atoms with Gasteiger partial charge in [-0.2, -0.15) is 0 Å². The van der Waals surface area contributed by atoms with Crippen LogP contribution in [0.3, 0.4) is 0 Å². The number of nitrogens with one attached hydrogen (secondary N) is 1. The van der Waals surface area contributed by atoms with Crippen LogP contribution in [0.15, 0.2) is 47.4 Å². The summed E-state index contributed by atoms with van der Waals surface area (Å²) in [6, 6.07) is 9.80. The van der Waals surface area contributed by atoms with E-state index in [1.807, 2.05) is 0 Å². The van der Waals surface area contributed by atoms with E-state index >= 15 is 0 Å². The summed E-state index contributed by atoms with van der Waals surface area (Å²) in [5.41, 5.74) is 0.406. The minimum absolute atomic E-state index is 0.0466. The molecule has 0 bridgehead atoms. The lowest BCUT2D eigenvalue weighted by Gasteiger charge is -2.10. The first-order valence-electron chi connectivity index (χ1n) is 6.00. The third-order valence-electron chi connectivity index (χ3n) is 2.80. The van der Waals surface area contributed by atoms with Gasteiger partial charge in [0, 0.05) is 17.1 Å². The second-order valence-corrected chi connectivity index (χ2v) is 6.44. The van der Waals surface area contributed by atoms with E-state index in [-0.39, 0.29) is 11.4 Å². The van der Waals surface area contributed by atoms with Crippen molar-refractivity contribution in [3.8, 4) is 5.75 Å². The Hall–Kier alpha value is -1.63. The lowest BCUT2D eigenvalue weighted by atomic mass is 10.2. The van der Waals surface area contributed by atoms with Crippen molar-refractivity contribution in [1.29, 1.82) is 0 Å². The Labute approximate surface area is 127 Å². The molecule has 2 rings (SSSR count). The molecule has 2 aromatic carbocycles. The molecule has 0 aliphatic heterocycles. The van der Waals surface area contributed by atoms with Crippen LogP contribution in [0, 0.1) is 5.82 Å². The first-order chi connectivity index (χ1) is 9.92. The standard InChI is InChI=1S/C14H13ClFNO3S/c1-20-14-6-5-12(16)7-10(14)9-17-21(18,19)13-4-2-3-11(15)8-13/h2-8,17H,9H2,1H3. The van der Waals surface area contributed by atoms with E-state index in [0.717, 1.165) is 0 Å². The summed E-state index contributed by atoms with van der Waals surface area (Å²) in [6.45, 7) is -0.0875. The number of hydrogen-bond donors (Lipinski definition) is 1. The van der Waals surface area contributed by atoms with E-state index in [4.69, 9.17) is 16.3 Å². The summed E-state index contributed by atoms with van der Waals surface area (Å²) in [6.07, 6.45) is 0. The predicted molar refractivity (Wildman–Crippen MR) is 78.4 cm³/mol. The molecule has 4 nitrogen and oxygen atoms in total. The predicted octanol–water partition coefficient (Wildman–Crippen LogP) is 2.97. The second-order valence-electron chi connectivity index (χ2n) is 4.24. The third kappa shape index (κ3) is 3.93. The van der Waals surface area contributed by atoms with Gasteiger partial charge in [-0.1, -0.05) is 17.7 Å². The fourth-order valence-electron chi connectivity index (χ4n) is 1.78. The average Bonchev–Trinajstić information content (AvgIpc) is 2.45. The summed E-state index contributed by atoms with van der Waals surface area (Å²) in [5.74, 6) is -0.0575. The van der Waals surface area contributed by atoms with Crippen molar-refractivity contribution in [2.24, 2.45) is 0 Å². The quantitative estimate of drug-likeness (QED) is 0.917. The Kier molecular flexibility index (Phi) is 4.82. The Morgan fingerprint density at radius 2 is 2.00 bits per heavy atom. The van der Waals surface area contributed by atoms with E-state index in [9.17, 15) is 12.8 Å². The first-order valence-corrected chi connectivity index (χ1v) is 7.86. The summed E-state index contributed by atoms with van der Waals surface area (Å²) < 4.78 is 45.0. The van der Waals surface area contributed by atoms with Gasteiger partial charge in [-0.15, -0.1) is 0 Å². The molecular weight excluding hydrogens is 317 g/mol. The number of benzene rings is 2. The zero-order valence-corrected chi connectivity index (χ0v) is 12.7. The zero-order valence-electron chi connectivity index (χ0n) is 11.1. The fourth-order valence-corrected chi connectivity index (χ4v) is 3.08. The van der Waals surface area contributed by atoms with Gasteiger partial charge < -0.3 is 4.74 Å². The molecule has 0 unspecified atom stereocenters. The molecule has 7 heteroatoms. The van der Waals surface area contributed by atoms with Crippen molar-refractivity contribution >= 4 is 21.6 Å². The number of ether oxygens (including phenoxy) is 1. The Morgan fingerprint density at radius 3 is 2.67 bits per heavy atom. The van der Waals surface area contributed by atoms with Crippen LogP contribution in [0.2, 0.25) is 5.02 Å². The van der Waals surface area contributed by atoms with Crippen molar-refractivity contribution in [2.45, 2.75) is 11.4 Å². The van der Waals surface area contributed by atoms with Gasteiger partial charge in [0.2, 0.25) is 10.0 Å². The van der Waals surface area contributed by atoms with E-state index in [2.05, 4.69) is 4.72 Å². The van der Waals surface area contributed by atoms with E-state index < -0.39 is 15.8 Å². The normalized spacial score (nSPS) is 11.4. The Balaban J connectivity index is 2.21. The number of halogens is 2. The Bertz CT molecular complexity index is 750. The lowest BCUT2D eigenvalue weighted by Crippen LogP contribution is -2.23. The van der Waals surface area contributed by atoms with Gasteiger partial charge in [0.05, 0.1) is 12.0 Å². The minimum atomic E-state index is -3.73. The highest BCUT2D eigenvalue weighted by Gasteiger charge is 2.15. The van der Waals surface area contributed by atoms with Gasteiger partial charge in [-0.3, -0.25) is 0 Å². The van der Waals surface area contributed by atoms with Crippen LogP contribution in [0.1, 0.15) is 5.56 Å². The van der Waals surface area contributed by atoms with Crippen LogP contribution in [-0.2, 0) is 16.6 Å². The molecule has 0 amide bonds. The molecule has 0 saturated carbocycles. The molecule has 0 heterocycles. The summed E-state index contributed by atoms with van der Waals surface area (Å²) in [7, 11) is -2.30. The smallest absolute Gasteiger partial charge is 0.240 e. The first kappa shape index (κ1) is 15.8. The van der Waals surface area contributed by atoms with Crippen LogP contribution in [-0.4, -0.2) is 15.5 Å². The highest BCUT2D eigenvalue weighted by molar-refractivity contribution is 7.89. The average molecular weight is 330 g/mol. The van der Waals surface area contributed by atoms with Crippen LogP contribution in [0.5, 0.6) is 5.75 Å². The van der Waals surface area contributed by atoms with E-state index in [1.54, 1.807) is 12.1 Å². The van der Waals surface area contributed by atoms with E-state index in [1.165, 1.54) is 37.4 Å². The minimum Gasteiger partial charge on any atom is -0.496 e. The maximum absolute atomic E-state index is 13.2. The molecule has 112 valence electrons. The summed E-state index contributed by atoms with van der Waals surface area (Å²) >= 11 is 5.77. The zero-order chi connectivity index (χ0) is 15.5. The fraction of sp³-hybridized carbons (Fsp3) is 0.143. The van der Waals surface area contributed by atoms with Crippen molar-refractivity contribution in [2.75, 3.05) is 7.11 Å². The maximum Gasteiger partial charge on any atom is 0.240 e. The Morgan fingerprint density at radius 1 is 1.24 bits per heavy atom. The summed E-state index contributed by atoms with van der Waals surface area (Å²) in [4.78, 5) is 0.0466. The van der Waals surface area contributed by atoms with Gasteiger partial charge in [0.25, 0.3) is 0 Å². The van der Waals surface area contributed by atoms with Crippen LogP contribution in [0.25, 0.3) is 0 Å². The molecule has 0 radical (unpaired) electrons. The van der Waals surface area contributed by atoms with Crippen molar-refractivity contribution in [1.82, 2.24) is 4.72 Å². The molecule has 1 N–H and O–H groups in total.